The van der Waals surface area contributed by atoms with Crippen molar-refractivity contribution in [1.82, 2.24) is 5.32 Å². The van der Waals surface area contributed by atoms with E-state index in [1.165, 1.54) is 6.26 Å². The molecule has 2 aromatic rings. The number of rotatable bonds is 5. The summed E-state index contributed by atoms with van der Waals surface area (Å²) in [7, 11) is 0. The average Bonchev–Trinajstić information content (AvgIpc) is 2.92. The summed E-state index contributed by atoms with van der Waals surface area (Å²) in [5, 5.41) is 3.04. The second kappa shape index (κ2) is 6.77. The molecular weight excluding hydrogens is 282 g/mol. The lowest BCUT2D eigenvalue weighted by atomic mass is 10.3. The second-order valence-electron chi connectivity index (χ2n) is 3.91. The minimum absolute atomic E-state index is 0.0545. The molecule has 0 fully saturated rings. The van der Waals surface area contributed by atoms with Crippen molar-refractivity contribution < 1.29 is 18.7 Å². The van der Waals surface area contributed by atoms with Gasteiger partial charge in [0.25, 0.3) is 5.91 Å². The Morgan fingerprint density at radius 2 is 2.10 bits per heavy atom. The van der Waals surface area contributed by atoms with Gasteiger partial charge in [0.05, 0.1) is 12.7 Å². The highest BCUT2D eigenvalue weighted by molar-refractivity contribution is 6.30. The van der Waals surface area contributed by atoms with Crippen molar-refractivity contribution in [2.75, 3.05) is 6.54 Å². The van der Waals surface area contributed by atoms with E-state index in [0.29, 0.717) is 10.8 Å². The zero-order valence-electron chi connectivity index (χ0n) is 10.5. The fourth-order valence-corrected chi connectivity index (χ4v) is 1.67. The summed E-state index contributed by atoms with van der Waals surface area (Å²) in [6, 6.07) is 9.69. The lowest BCUT2D eigenvalue weighted by Crippen LogP contribution is -2.26. The summed E-state index contributed by atoms with van der Waals surface area (Å²) in [6.45, 7) is 0.166. The van der Waals surface area contributed by atoms with E-state index in [4.69, 9.17) is 20.8 Å². The summed E-state index contributed by atoms with van der Waals surface area (Å²) in [6.07, 6.45) is 1.46. The van der Waals surface area contributed by atoms with E-state index in [0.717, 1.165) is 0 Å². The van der Waals surface area contributed by atoms with Crippen molar-refractivity contribution >= 4 is 23.5 Å². The number of esters is 1. The van der Waals surface area contributed by atoms with Crippen LogP contribution in [0.5, 0.6) is 5.75 Å². The molecule has 1 aromatic carbocycles. The maximum Gasteiger partial charge on any atom is 0.312 e. The first-order valence-electron chi connectivity index (χ1n) is 5.93. The van der Waals surface area contributed by atoms with Crippen molar-refractivity contribution in [1.29, 1.82) is 0 Å². The molecule has 0 bridgehead atoms. The Kier molecular flexibility index (Phi) is 4.79. The Balaban J connectivity index is 1.74. The van der Waals surface area contributed by atoms with Gasteiger partial charge in [-0.05, 0) is 30.3 Å². The Morgan fingerprint density at radius 3 is 2.80 bits per heavy atom. The van der Waals surface area contributed by atoms with E-state index in [1.54, 1.807) is 36.4 Å². The number of ether oxygens (including phenoxy) is 1. The third-order valence-corrected chi connectivity index (χ3v) is 2.62. The van der Waals surface area contributed by atoms with Gasteiger partial charge in [-0.25, -0.2) is 0 Å². The van der Waals surface area contributed by atoms with Gasteiger partial charge in [-0.3, -0.25) is 9.59 Å². The molecule has 1 aromatic heterocycles. The maximum atomic E-state index is 11.6. The van der Waals surface area contributed by atoms with Crippen LogP contribution in [0, 0.1) is 0 Å². The number of halogens is 1. The van der Waals surface area contributed by atoms with E-state index in [9.17, 15) is 9.59 Å². The zero-order chi connectivity index (χ0) is 14.4. The van der Waals surface area contributed by atoms with Crippen LogP contribution in [0.3, 0.4) is 0 Å². The van der Waals surface area contributed by atoms with Crippen molar-refractivity contribution in [3.8, 4) is 5.75 Å². The Labute approximate surface area is 120 Å². The van der Waals surface area contributed by atoms with E-state index in [1.807, 2.05) is 0 Å². The van der Waals surface area contributed by atoms with Crippen molar-refractivity contribution in [3.05, 3.63) is 53.4 Å². The van der Waals surface area contributed by atoms with Crippen molar-refractivity contribution in [3.63, 3.8) is 0 Å². The largest absolute Gasteiger partial charge is 0.459 e. The SMILES string of the molecule is O=C(CCNC(=O)c1ccco1)Oc1cccc(Cl)c1. The molecule has 0 aliphatic rings. The van der Waals surface area contributed by atoms with Crippen molar-refractivity contribution in [2.24, 2.45) is 0 Å². The third kappa shape index (κ3) is 4.13. The molecule has 0 unspecified atom stereocenters. The second-order valence-corrected chi connectivity index (χ2v) is 4.35. The van der Waals surface area contributed by atoms with E-state index in [-0.39, 0.29) is 24.6 Å². The molecule has 0 saturated carbocycles. The molecule has 0 aliphatic heterocycles. The molecule has 0 aliphatic carbocycles. The molecule has 20 heavy (non-hydrogen) atoms. The number of carbonyl (C=O) groups excluding carboxylic acids is 2. The monoisotopic (exact) mass is 293 g/mol. The molecule has 0 radical (unpaired) electrons. The Hall–Kier alpha value is -2.27. The molecule has 0 atom stereocenters. The number of benzene rings is 1. The predicted molar refractivity (Wildman–Crippen MR) is 72.7 cm³/mol. The Morgan fingerprint density at radius 1 is 1.25 bits per heavy atom. The minimum Gasteiger partial charge on any atom is -0.459 e. The van der Waals surface area contributed by atoms with Crippen LogP contribution in [0.15, 0.2) is 47.1 Å². The predicted octanol–water partition coefficient (Wildman–Crippen LogP) is 2.66. The van der Waals surface area contributed by atoms with Gasteiger partial charge in [0.1, 0.15) is 5.75 Å². The van der Waals surface area contributed by atoms with E-state index < -0.39 is 5.97 Å². The summed E-state index contributed by atoms with van der Waals surface area (Å²) in [4.78, 5) is 23.1. The zero-order valence-corrected chi connectivity index (χ0v) is 11.2. The van der Waals surface area contributed by atoms with Gasteiger partial charge >= 0.3 is 5.97 Å². The maximum absolute atomic E-state index is 11.6. The molecule has 0 spiro atoms. The van der Waals surface area contributed by atoms with Crippen LogP contribution in [0.2, 0.25) is 5.02 Å². The van der Waals surface area contributed by atoms with Crippen LogP contribution < -0.4 is 10.1 Å². The first-order valence-corrected chi connectivity index (χ1v) is 6.31. The minimum atomic E-state index is -0.452. The van der Waals surface area contributed by atoms with Gasteiger partial charge in [0.15, 0.2) is 5.76 Å². The van der Waals surface area contributed by atoms with Crippen LogP contribution in [-0.2, 0) is 4.79 Å². The molecule has 0 saturated heterocycles. The van der Waals surface area contributed by atoms with Gasteiger partial charge in [-0.2, -0.15) is 0 Å². The molecule has 104 valence electrons. The molecule has 1 N–H and O–H groups in total. The van der Waals surface area contributed by atoms with Crippen LogP contribution >= 0.6 is 11.6 Å². The third-order valence-electron chi connectivity index (χ3n) is 2.39. The van der Waals surface area contributed by atoms with E-state index in [2.05, 4.69) is 5.32 Å². The molecule has 5 nitrogen and oxygen atoms in total. The van der Waals surface area contributed by atoms with Crippen molar-refractivity contribution in [2.45, 2.75) is 6.42 Å². The van der Waals surface area contributed by atoms with E-state index >= 15 is 0 Å². The van der Waals surface area contributed by atoms with Crippen LogP contribution in [0.25, 0.3) is 0 Å². The summed E-state index contributed by atoms with van der Waals surface area (Å²) >= 11 is 5.77. The lowest BCUT2D eigenvalue weighted by Gasteiger charge is -2.05. The summed E-state index contributed by atoms with van der Waals surface area (Å²) < 4.78 is 9.99. The Bertz CT molecular complexity index is 595. The molecule has 2 rings (SSSR count). The molecular formula is C14H12ClNO4. The van der Waals surface area contributed by atoms with Gasteiger partial charge in [-0.1, -0.05) is 17.7 Å². The number of amides is 1. The highest BCUT2D eigenvalue weighted by Gasteiger charge is 2.10. The summed E-state index contributed by atoms with van der Waals surface area (Å²) in [5.41, 5.74) is 0. The topological polar surface area (TPSA) is 68.5 Å². The van der Waals surface area contributed by atoms with Gasteiger partial charge in [0.2, 0.25) is 0 Å². The fourth-order valence-electron chi connectivity index (χ4n) is 1.49. The standard InChI is InChI=1S/C14H12ClNO4/c15-10-3-1-4-11(9-10)20-13(17)6-7-16-14(18)12-5-2-8-19-12/h1-5,8-9H,6-7H2,(H,16,18). The van der Waals surface area contributed by atoms with Crippen LogP contribution in [-0.4, -0.2) is 18.4 Å². The fraction of sp³-hybridized carbons (Fsp3) is 0.143. The van der Waals surface area contributed by atoms with Crippen LogP contribution in [0.1, 0.15) is 17.0 Å². The quantitative estimate of drug-likeness (QED) is 0.680. The highest BCUT2D eigenvalue weighted by Crippen LogP contribution is 2.17. The number of hydrogen-bond acceptors (Lipinski definition) is 4. The number of furan rings is 1. The van der Waals surface area contributed by atoms with Gasteiger partial charge < -0.3 is 14.5 Å². The van der Waals surface area contributed by atoms with Crippen LogP contribution in [0.4, 0.5) is 0 Å². The highest BCUT2D eigenvalue weighted by atomic mass is 35.5. The number of hydrogen-bond donors (Lipinski definition) is 1. The van der Waals surface area contributed by atoms with Gasteiger partial charge in [0, 0.05) is 11.6 Å². The molecule has 6 heteroatoms. The molecule has 1 amide bonds. The lowest BCUT2D eigenvalue weighted by molar-refractivity contribution is -0.134. The molecule has 1 heterocycles. The number of carbonyl (C=O) groups is 2. The normalized spacial score (nSPS) is 10.1. The smallest absolute Gasteiger partial charge is 0.312 e. The number of nitrogens with one attached hydrogen (secondary N) is 1. The first-order chi connectivity index (χ1) is 9.65. The first kappa shape index (κ1) is 14.1. The summed E-state index contributed by atoms with van der Waals surface area (Å²) in [5.74, 6) is -0.245. The van der Waals surface area contributed by atoms with Gasteiger partial charge in [-0.15, -0.1) is 0 Å². The average molecular weight is 294 g/mol.